The zero-order valence-electron chi connectivity index (χ0n) is 8.23. The fraction of sp³-hybridized carbons (Fsp3) is 0.600. The Morgan fingerprint density at radius 3 is 3.14 bits per heavy atom. The third-order valence-corrected chi connectivity index (χ3v) is 4.04. The zero-order chi connectivity index (χ0) is 10.0. The summed E-state index contributed by atoms with van der Waals surface area (Å²) in [4.78, 5) is 0. The van der Waals surface area contributed by atoms with Crippen molar-refractivity contribution in [1.82, 2.24) is 9.78 Å². The molecule has 14 heavy (non-hydrogen) atoms. The first-order valence-electron chi connectivity index (χ1n) is 4.77. The van der Waals surface area contributed by atoms with Gasteiger partial charge in [-0.25, -0.2) is 0 Å². The Bertz CT molecular complexity index is 358. The average molecular weight is 207 g/mol. The van der Waals surface area contributed by atoms with Gasteiger partial charge >= 0.3 is 0 Å². The Morgan fingerprint density at radius 1 is 1.79 bits per heavy atom. The van der Waals surface area contributed by atoms with Crippen molar-refractivity contribution in [1.29, 1.82) is 5.26 Å². The smallest absolute Gasteiger partial charge is 0.106 e. The van der Waals surface area contributed by atoms with Crippen molar-refractivity contribution >= 4 is 11.8 Å². The molecular weight excluding hydrogens is 194 g/mol. The molecule has 1 aliphatic heterocycles. The lowest BCUT2D eigenvalue weighted by Crippen LogP contribution is -2.21. The Balaban J connectivity index is 2.13. The van der Waals surface area contributed by atoms with Gasteiger partial charge in [0.05, 0.1) is 12.3 Å². The van der Waals surface area contributed by atoms with Crippen LogP contribution in [0.15, 0.2) is 12.4 Å². The number of nitriles is 1. The normalized spacial score (nSPS) is 26.3. The highest BCUT2D eigenvalue weighted by Crippen LogP contribution is 2.40. The summed E-state index contributed by atoms with van der Waals surface area (Å²) in [5.41, 5.74) is 1.17. The van der Waals surface area contributed by atoms with Crippen LogP contribution >= 0.6 is 11.8 Å². The molecule has 3 nitrogen and oxygen atoms in total. The largest absolute Gasteiger partial charge is 0.276 e. The molecule has 0 aromatic carbocycles. The molecule has 2 rings (SSSR count). The van der Waals surface area contributed by atoms with Crippen LogP contribution in [0.4, 0.5) is 0 Å². The van der Waals surface area contributed by atoms with Crippen LogP contribution in [0.25, 0.3) is 0 Å². The van der Waals surface area contributed by atoms with E-state index in [0.717, 1.165) is 18.6 Å². The molecule has 1 aromatic heterocycles. The molecule has 0 N–H and O–H groups in total. The summed E-state index contributed by atoms with van der Waals surface area (Å²) in [5.74, 6) is 1.12. The maximum atomic E-state index is 9.19. The van der Waals surface area contributed by atoms with Crippen molar-refractivity contribution in [3.05, 3.63) is 18.0 Å². The van der Waals surface area contributed by atoms with Crippen LogP contribution < -0.4 is 0 Å². The Morgan fingerprint density at radius 2 is 2.64 bits per heavy atom. The number of nitrogens with zero attached hydrogens (tertiary/aromatic N) is 3. The van der Waals surface area contributed by atoms with Gasteiger partial charge in [-0.2, -0.15) is 10.4 Å². The molecule has 0 radical (unpaired) electrons. The minimum absolute atomic E-state index is 0.178. The van der Waals surface area contributed by atoms with Crippen LogP contribution in [0.5, 0.6) is 0 Å². The Hall–Kier alpha value is -0.950. The highest BCUT2D eigenvalue weighted by atomic mass is 32.2. The first-order valence-corrected chi connectivity index (χ1v) is 5.75. The lowest BCUT2D eigenvalue weighted by molar-refractivity contribution is 0.671. The van der Waals surface area contributed by atoms with E-state index in [1.807, 2.05) is 19.4 Å². The van der Waals surface area contributed by atoms with Crippen LogP contribution in [-0.4, -0.2) is 20.3 Å². The van der Waals surface area contributed by atoms with Crippen LogP contribution in [0.3, 0.4) is 0 Å². The molecule has 0 amide bonds. The summed E-state index contributed by atoms with van der Waals surface area (Å²) in [5, 5.41) is 13.3. The minimum atomic E-state index is -0.178. The van der Waals surface area contributed by atoms with Crippen molar-refractivity contribution in [2.24, 2.45) is 7.05 Å². The molecule has 1 unspecified atom stereocenters. The predicted octanol–water partition coefficient (Wildman–Crippen LogP) is 1.75. The van der Waals surface area contributed by atoms with Gasteiger partial charge in [0.25, 0.3) is 0 Å². The number of rotatable bonds is 2. The molecule has 0 saturated carbocycles. The number of hydrogen-bond acceptors (Lipinski definition) is 3. The standard InChI is InChI=1S/C10H13N3S/c1-13-7-9(6-12-13)5-10(8-11)3-2-4-14-10/h6-7H,2-5H2,1H3. The van der Waals surface area contributed by atoms with Gasteiger partial charge in [0, 0.05) is 19.7 Å². The third kappa shape index (κ3) is 1.78. The number of hydrogen-bond donors (Lipinski definition) is 0. The average Bonchev–Trinajstić information content (AvgIpc) is 2.77. The van der Waals surface area contributed by atoms with Gasteiger partial charge in [-0.3, -0.25) is 4.68 Å². The first-order chi connectivity index (χ1) is 6.74. The second kappa shape index (κ2) is 3.66. The Labute approximate surface area is 88.1 Å². The van der Waals surface area contributed by atoms with E-state index < -0.39 is 0 Å². The molecule has 0 aliphatic carbocycles. The second-order valence-corrected chi connectivity index (χ2v) is 5.24. The van der Waals surface area contributed by atoms with E-state index in [9.17, 15) is 5.26 Å². The molecule has 4 heteroatoms. The van der Waals surface area contributed by atoms with Gasteiger partial charge in [0.1, 0.15) is 4.75 Å². The van der Waals surface area contributed by atoms with Gasteiger partial charge in [-0.1, -0.05) is 0 Å². The van der Waals surface area contributed by atoms with Gasteiger partial charge in [-0.15, -0.1) is 11.8 Å². The first kappa shape index (κ1) is 9.60. The van der Waals surface area contributed by atoms with Crippen LogP contribution in [0.2, 0.25) is 0 Å². The highest BCUT2D eigenvalue weighted by molar-refractivity contribution is 8.01. The van der Waals surface area contributed by atoms with Crippen molar-refractivity contribution in [3.8, 4) is 6.07 Å². The maximum absolute atomic E-state index is 9.19. The van der Waals surface area contributed by atoms with Gasteiger partial charge in [-0.05, 0) is 24.2 Å². The van der Waals surface area contributed by atoms with Crippen molar-refractivity contribution in [2.75, 3.05) is 5.75 Å². The van der Waals surface area contributed by atoms with Crippen LogP contribution in [0, 0.1) is 11.3 Å². The second-order valence-electron chi connectivity index (χ2n) is 3.76. The Kier molecular flexibility index (Phi) is 2.51. The van der Waals surface area contributed by atoms with Gasteiger partial charge < -0.3 is 0 Å². The molecule has 1 saturated heterocycles. The van der Waals surface area contributed by atoms with E-state index in [0.29, 0.717) is 0 Å². The van der Waals surface area contributed by atoms with Crippen LogP contribution in [0.1, 0.15) is 18.4 Å². The zero-order valence-corrected chi connectivity index (χ0v) is 9.05. The van der Waals surface area contributed by atoms with E-state index >= 15 is 0 Å². The molecule has 1 atom stereocenters. The fourth-order valence-corrected chi connectivity index (χ4v) is 3.16. The SMILES string of the molecule is Cn1cc(CC2(C#N)CCCS2)cn1. The third-order valence-electron chi connectivity index (χ3n) is 2.56. The summed E-state index contributed by atoms with van der Waals surface area (Å²) in [6.45, 7) is 0. The van der Waals surface area contributed by atoms with E-state index in [1.54, 1.807) is 16.4 Å². The molecule has 2 heterocycles. The number of aryl methyl sites for hydroxylation is 1. The quantitative estimate of drug-likeness (QED) is 0.742. The summed E-state index contributed by atoms with van der Waals surface area (Å²) in [7, 11) is 1.91. The molecule has 1 fully saturated rings. The minimum Gasteiger partial charge on any atom is -0.276 e. The molecule has 1 aliphatic rings. The van der Waals surface area contributed by atoms with E-state index in [-0.39, 0.29) is 4.75 Å². The summed E-state index contributed by atoms with van der Waals surface area (Å²) < 4.78 is 1.61. The number of aromatic nitrogens is 2. The molecular formula is C10H13N3S. The lowest BCUT2D eigenvalue weighted by Gasteiger charge is -2.17. The topological polar surface area (TPSA) is 41.6 Å². The van der Waals surface area contributed by atoms with Gasteiger partial charge in [0.15, 0.2) is 0 Å². The van der Waals surface area contributed by atoms with E-state index in [2.05, 4.69) is 11.2 Å². The fourth-order valence-electron chi connectivity index (χ4n) is 1.86. The summed E-state index contributed by atoms with van der Waals surface area (Å²) in [6, 6.07) is 2.46. The van der Waals surface area contributed by atoms with Crippen molar-refractivity contribution < 1.29 is 0 Å². The van der Waals surface area contributed by atoms with E-state index in [1.165, 1.54) is 12.0 Å². The predicted molar refractivity (Wildman–Crippen MR) is 56.9 cm³/mol. The molecule has 74 valence electrons. The lowest BCUT2D eigenvalue weighted by atomic mass is 9.98. The van der Waals surface area contributed by atoms with E-state index in [4.69, 9.17) is 0 Å². The molecule has 0 spiro atoms. The van der Waals surface area contributed by atoms with Crippen molar-refractivity contribution in [2.45, 2.75) is 24.0 Å². The monoisotopic (exact) mass is 207 g/mol. The van der Waals surface area contributed by atoms with Crippen LogP contribution in [-0.2, 0) is 13.5 Å². The highest BCUT2D eigenvalue weighted by Gasteiger charge is 2.35. The summed E-state index contributed by atoms with van der Waals surface area (Å²) >= 11 is 1.80. The molecule has 1 aromatic rings. The maximum Gasteiger partial charge on any atom is 0.106 e. The van der Waals surface area contributed by atoms with Crippen molar-refractivity contribution in [3.63, 3.8) is 0 Å². The van der Waals surface area contributed by atoms with Gasteiger partial charge in [0.2, 0.25) is 0 Å². The molecule has 0 bridgehead atoms. The summed E-state index contributed by atoms with van der Waals surface area (Å²) in [6.07, 6.45) is 6.87. The number of thioether (sulfide) groups is 1.